The molecule has 16 nitrogen and oxygen atoms in total. The van der Waals surface area contributed by atoms with Crippen molar-refractivity contribution >= 4 is 51.2 Å². The van der Waals surface area contributed by atoms with Gasteiger partial charge < -0.3 is 34.4 Å². The summed E-state index contributed by atoms with van der Waals surface area (Å²) in [5, 5.41) is 18.1. The number of piperidine rings is 1. The number of oxazole rings is 1. The predicted molar refractivity (Wildman–Crippen MR) is 239 cm³/mol. The molecule has 65 heavy (non-hydrogen) atoms. The van der Waals surface area contributed by atoms with Crippen LogP contribution in [-0.4, -0.2) is 93.1 Å². The van der Waals surface area contributed by atoms with Gasteiger partial charge in [-0.2, -0.15) is 5.10 Å². The number of ether oxygens (including phenoxy) is 2. The van der Waals surface area contributed by atoms with Gasteiger partial charge in [0.05, 0.1) is 37.1 Å². The predicted octanol–water partition coefficient (Wildman–Crippen LogP) is 7.41. The number of nitrogens with zero attached hydrogens (tertiary/aromatic N) is 6. The van der Waals surface area contributed by atoms with Crippen molar-refractivity contribution < 1.29 is 37.1 Å². The lowest BCUT2D eigenvalue weighted by molar-refractivity contribution is -0.135. The number of aromatic nitrogens is 6. The number of nitrogens with one attached hydrogen (secondary N) is 4. The number of amides is 3. The molecule has 1 atom stereocenters. The summed E-state index contributed by atoms with van der Waals surface area (Å²) in [6.45, 7) is 4.50. The number of hydrogen-bond acceptors (Lipinski definition) is 12. The molecule has 6 aromatic rings. The summed E-state index contributed by atoms with van der Waals surface area (Å²) >= 11 is 0. The third-order valence-corrected chi connectivity index (χ3v) is 12.6. The number of carbonyl (C=O) groups is 3. The van der Waals surface area contributed by atoms with Gasteiger partial charge in [-0.15, -0.1) is 0 Å². The molecule has 18 heteroatoms. The molecule has 2 aliphatic carbocycles. The van der Waals surface area contributed by atoms with E-state index >= 15 is 0 Å². The molecule has 3 fully saturated rings. The topological polar surface area (TPSA) is 192 Å². The molecule has 3 amide bonds. The normalized spacial score (nSPS) is 19.0. The molecule has 1 aliphatic heterocycles. The summed E-state index contributed by atoms with van der Waals surface area (Å²) in [4.78, 5) is 51.1. The van der Waals surface area contributed by atoms with Crippen molar-refractivity contribution in [1.82, 2.24) is 39.9 Å². The van der Waals surface area contributed by atoms with Gasteiger partial charge in [-0.3, -0.25) is 24.4 Å². The van der Waals surface area contributed by atoms with Gasteiger partial charge in [0.25, 0.3) is 12.3 Å². The molecule has 9 rings (SSSR count). The molecular formula is C47H54F2N10O6. The van der Waals surface area contributed by atoms with Gasteiger partial charge in [0.1, 0.15) is 23.8 Å². The van der Waals surface area contributed by atoms with Crippen molar-refractivity contribution in [3.63, 3.8) is 0 Å². The van der Waals surface area contributed by atoms with E-state index in [1.54, 1.807) is 29.2 Å². The Bertz CT molecular complexity index is 2620. The third-order valence-electron chi connectivity index (χ3n) is 12.6. The maximum atomic E-state index is 14.1. The molecule has 1 unspecified atom stereocenters. The Morgan fingerprint density at radius 1 is 0.923 bits per heavy atom. The minimum Gasteiger partial charge on any atom is -0.444 e. The van der Waals surface area contributed by atoms with Crippen LogP contribution in [0.3, 0.4) is 0 Å². The van der Waals surface area contributed by atoms with Gasteiger partial charge in [-0.1, -0.05) is 18.2 Å². The summed E-state index contributed by atoms with van der Waals surface area (Å²) in [6, 6.07) is 13.0. The number of halogens is 2. The van der Waals surface area contributed by atoms with Crippen molar-refractivity contribution in [3.8, 4) is 11.5 Å². The van der Waals surface area contributed by atoms with Crippen molar-refractivity contribution in [2.45, 2.75) is 82.7 Å². The lowest BCUT2D eigenvalue weighted by Crippen LogP contribution is -2.41. The Labute approximate surface area is 374 Å². The number of rotatable bonds is 21. The van der Waals surface area contributed by atoms with Gasteiger partial charge in [-0.05, 0) is 106 Å². The van der Waals surface area contributed by atoms with E-state index in [1.807, 2.05) is 28.8 Å². The number of benzene rings is 1. The molecule has 6 heterocycles. The second kappa shape index (κ2) is 20.4. The Morgan fingerprint density at radius 2 is 1.71 bits per heavy atom. The molecule has 342 valence electrons. The third kappa shape index (κ3) is 10.6. The van der Waals surface area contributed by atoms with E-state index in [-0.39, 0.29) is 35.1 Å². The lowest BCUT2D eigenvalue weighted by Gasteiger charge is -2.28. The summed E-state index contributed by atoms with van der Waals surface area (Å²) < 4.78 is 49.0. The van der Waals surface area contributed by atoms with Gasteiger partial charge in [0.2, 0.25) is 17.7 Å². The number of pyridine rings is 2. The van der Waals surface area contributed by atoms with E-state index in [1.165, 1.54) is 25.3 Å². The molecule has 2 saturated carbocycles. The SMILES string of the molecule is O=C1CCC(n2c3ccccc3c3c(CCCOCCOCCNCC4CCC(n5cc(NC(=O)c6coc(-c7ccnc(NCC8CC8)c7)n6)c(C(F)F)n5)CC4)ccnc32)C(=O)N1. The molecule has 1 saturated heterocycles. The maximum absolute atomic E-state index is 14.1. The molecule has 0 radical (unpaired) electrons. The Balaban J connectivity index is 0.663. The van der Waals surface area contributed by atoms with Gasteiger partial charge in [0.15, 0.2) is 11.4 Å². The zero-order valence-corrected chi connectivity index (χ0v) is 36.1. The molecule has 0 bridgehead atoms. The summed E-state index contributed by atoms with van der Waals surface area (Å²) in [6.07, 6.45) is 11.4. The number of aryl methyl sites for hydroxylation is 1. The molecule has 3 aliphatic rings. The molecule has 1 aromatic carbocycles. The second-order valence-corrected chi connectivity index (χ2v) is 17.2. The highest BCUT2D eigenvalue weighted by atomic mass is 19.3. The molecular weight excluding hydrogens is 839 g/mol. The van der Waals surface area contributed by atoms with Crippen LogP contribution < -0.4 is 21.3 Å². The van der Waals surface area contributed by atoms with E-state index in [4.69, 9.17) is 13.9 Å². The Hall–Kier alpha value is -6.11. The Kier molecular flexibility index (Phi) is 13.8. The standard InChI is InChI=1S/C47H54F2N10O6/c48-43(49)42-35(54-45(61)36-28-65-47(55-36)32-16-17-51-39(24-32)53-26-30-7-8-30)27-58(57-42)33-11-9-29(10-12-33)25-50-19-21-64-23-22-63-20-3-4-31-15-18-52-44-41(31)34-5-1-2-6-37(34)59(44)38-13-14-40(60)56-46(38)62/h1-2,5-6,15-18,24,27-30,33,38,43,50H,3-4,7-14,19-23,25-26H2,(H,51,53)(H,54,61)(H,56,60,62). The number of fused-ring (bicyclic) bond motifs is 3. The first-order valence-electron chi connectivity index (χ1n) is 22.7. The lowest BCUT2D eigenvalue weighted by atomic mass is 9.86. The minimum atomic E-state index is -2.87. The molecule has 0 spiro atoms. The number of anilines is 2. The number of hydrogen-bond donors (Lipinski definition) is 4. The van der Waals surface area contributed by atoms with Crippen LogP contribution in [0, 0.1) is 11.8 Å². The van der Waals surface area contributed by atoms with Crippen molar-refractivity contribution in [3.05, 3.63) is 84.3 Å². The maximum Gasteiger partial charge on any atom is 0.284 e. The van der Waals surface area contributed by atoms with Crippen LogP contribution in [0.2, 0.25) is 0 Å². The number of alkyl halides is 2. The van der Waals surface area contributed by atoms with Crippen LogP contribution in [0.1, 0.15) is 98.0 Å². The van der Waals surface area contributed by atoms with E-state index in [0.717, 1.165) is 79.1 Å². The van der Waals surface area contributed by atoms with E-state index in [2.05, 4.69) is 47.4 Å². The van der Waals surface area contributed by atoms with Gasteiger partial charge >= 0.3 is 0 Å². The summed E-state index contributed by atoms with van der Waals surface area (Å²) in [5.74, 6) is 0.834. The fourth-order valence-corrected chi connectivity index (χ4v) is 8.96. The summed E-state index contributed by atoms with van der Waals surface area (Å²) in [7, 11) is 0. The van der Waals surface area contributed by atoms with E-state index in [9.17, 15) is 23.2 Å². The largest absolute Gasteiger partial charge is 0.444 e. The van der Waals surface area contributed by atoms with Crippen LogP contribution >= 0.6 is 0 Å². The average molecular weight is 893 g/mol. The van der Waals surface area contributed by atoms with Crippen LogP contribution in [0.5, 0.6) is 0 Å². The van der Waals surface area contributed by atoms with Crippen LogP contribution in [0.25, 0.3) is 33.4 Å². The first kappa shape index (κ1) is 44.1. The monoisotopic (exact) mass is 892 g/mol. The fraction of sp³-hybridized carbons (Fsp3) is 0.468. The first-order chi connectivity index (χ1) is 31.8. The zero-order chi connectivity index (χ0) is 44.7. The fourth-order valence-electron chi connectivity index (χ4n) is 8.96. The summed E-state index contributed by atoms with van der Waals surface area (Å²) in [5.41, 5.74) is 2.91. The van der Waals surface area contributed by atoms with Crippen LogP contribution in [0.4, 0.5) is 20.3 Å². The van der Waals surface area contributed by atoms with Crippen molar-refractivity contribution in [2.24, 2.45) is 11.8 Å². The van der Waals surface area contributed by atoms with Crippen LogP contribution in [-0.2, 0) is 25.5 Å². The number of imide groups is 1. The van der Waals surface area contributed by atoms with Crippen LogP contribution in [0.15, 0.2) is 71.7 Å². The minimum absolute atomic E-state index is 0.0310. The first-order valence-corrected chi connectivity index (χ1v) is 22.7. The highest BCUT2D eigenvalue weighted by Crippen LogP contribution is 2.37. The number of carbonyl (C=O) groups excluding carboxylic acids is 3. The number of para-hydroxylation sites is 1. The quantitative estimate of drug-likeness (QED) is 0.0414. The van der Waals surface area contributed by atoms with Crippen molar-refractivity contribution in [2.75, 3.05) is 56.7 Å². The van der Waals surface area contributed by atoms with E-state index in [0.29, 0.717) is 69.0 Å². The molecule has 5 aromatic heterocycles. The van der Waals surface area contributed by atoms with E-state index < -0.39 is 24.1 Å². The zero-order valence-electron chi connectivity index (χ0n) is 36.1. The second-order valence-electron chi connectivity index (χ2n) is 17.2. The smallest absolute Gasteiger partial charge is 0.284 e. The highest BCUT2D eigenvalue weighted by Gasteiger charge is 2.32. The molecule has 4 N–H and O–H groups in total. The highest BCUT2D eigenvalue weighted by molar-refractivity contribution is 6.10. The Morgan fingerprint density at radius 3 is 2.52 bits per heavy atom. The van der Waals surface area contributed by atoms with Gasteiger partial charge in [-0.25, -0.2) is 23.7 Å². The van der Waals surface area contributed by atoms with Gasteiger partial charge in [0, 0.05) is 61.0 Å². The average Bonchev–Trinajstić information content (AvgIpc) is 3.67. The van der Waals surface area contributed by atoms with Crippen molar-refractivity contribution in [1.29, 1.82) is 0 Å².